The Kier molecular flexibility index (Phi) is 4.81. The van der Waals surface area contributed by atoms with E-state index in [4.69, 9.17) is 9.47 Å². The summed E-state index contributed by atoms with van der Waals surface area (Å²) >= 11 is 0. The largest absolute Gasteiger partial charge is 0.493 e. The van der Waals surface area contributed by atoms with Crippen LogP contribution in [0.15, 0.2) is 18.2 Å². The van der Waals surface area contributed by atoms with Gasteiger partial charge in [0.2, 0.25) is 0 Å². The van der Waals surface area contributed by atoms with Crippen molar-refractivity contribution in [3.63, 3.8) is 0 Å². The topological polar surface area (TPSA) is 18.5 Å². The molecule has 2 nitrogen and oxygen atoms in total. The Morgan fingerprint density at radius 1 is 1.18 bits per heavy atom. The maximum absolute atomic E-state index is 12.7. The fourth-order valence-corrected chi connectivity index (χ4v) is 1.38. The van der Waals surface area contributed by atoms with Crippen LogP contribution in [0.5, 0.6) is 5.75 Å². The van der Waals surface area contributed by atoms with E-state index in [2.05, 4.69) is 0 Å². The number of aryl methyl sites for hydroxylation is 1. The molecule has 0 aliphatic heterocycles. The van der Waals surface area contributed by atoms with E-state index in [1.54, 1.807) is 13.0 Å². The predicted molar refractivity (Wildman–Crippen MR) is 58.2 cm³/mol. The fourth-order valence-electron chi connectivity index (χ4n) is 1.38. The van der Waals surface area contributed by atoms with Gasteiger partial charge in [-0.25, -0.2) is 0 Å². The summed E-state index contributed by atoms with van der Waals surface area (Å²) in [5, 5.41) is 0. The summed E-state index contributed by atoms with van der Waals surface area (Å²) in [6.07, 6.45) is -3.83. The summed E-state index contributed by atoms with van der Waals surface area (Å²) in [6, 6.07) is 4.04. The molecule has 1 rings (SSSR count). The van der Waals surface area contributed by atoms with Crippen molar-refractivity contribution in [1.29, 1.82) is 0 Å². The summed E-state index contributed by atoms with van der Waals surface area (Å²) < 4.78 is 48.0. The van der Waals surface area contributed by atoms with E-state index < -0.39 is 11.7 Å². The highest BCUT2D eigenvalue weighted by atomic mass is 19.4. The highest BCUT2D eigenvalue weighted by molar-refractivity contribution is 5.38. The number of methoxy groups -OCH3 is 1. The van der Waals surface area contributed by atoms with Crippen molar-refractivity contribution in [2.24, 2.45) is 0 Å². The van der Waals surface area contributed by atoms with E-state index in [1.807, 2.05) is 0 Å². The molecule has 0 radical (unpaired) electrons. The molecule has 1 aromatic rings. The Morgan fingerprint density at radius 3 is 2.47 bits per heavy atom. The molecule has 0 bridgehead atoms. The average molecular weight is 248 g/mol. The van der Waals surface area contributed by atoms with Crippen molar-refractivity contribution in [3.05, 3.63) is 29.3 Å². The molecule has 96 valence electrons. The first-order valence-electron chi connectivity index (χ1n) is 5.24. The summed E-state index contributed by atoms with van der Waals surface area (Å²) in [7, 11) is 1.53. The minimum atomic E-state index is -4.39. The summed E-state index contributed by atoms with van der Waals surface area (Å²) in [5.41, 5.74) is -0.170. The highest BCUT2D eigenvalue weighted by Crippen LogP contribution is 2.36. The van der Waals surface area contributed by atoms with Gasteiger partial charge in [0, 0.05) is 20.1 Å². The third kappa shape index (κ3) is 4.26. The third-order valence-electron chi connectivity index (χ3n) is 2.19. The summed E-state index contributed by atoms with van der Waals surface area (Å²) in [6.45, 7) is 2.29. The van der Waals surface area contributed by atoms with Crippen molar-refractivity contribution in [3.8, 4) is 5.75 Å². The number of benzene rings is 1. The number of ether oxygens (including phenoxy) is 2. The van der Waals surface area contributed by atoms with Crippen LogP contribution in [0.1, 0.15) is 17.5 Å². The maximum atomic E-state index is 12.7. The van der Waals surface area contributed by atoms with E-state index >= 15 is 0 Å². The Bertz CT molecular complexity index is 361. The maximum Gasteiger partial charge on any atom is 0.419 e. The highest BCUT2D eigenvalue weighted by Gasteiger charge is 2.34. The van der Waals surface area contributed by atoms with Gasteiger partial charge in [-0.3, -0.25) is 0 Å². The number of halogens is 3. The zero-order valence-electron chi connectivity index (χ0n) is 9.80. The molecule has 17 heavy (non-hydrogen) atoms. The molecule has 1 aromatic carbocycles. The first-order valence-corrected chi connectivity index (χ1v) is 5.24. The van der Waals surface area contributed by atoms with E-state index in [9.17, 15) is 13.2 Å². The molecule has 0 saturated heterocycles. The molecule has 0 fully saturated rings. The SMILES string of the molecule is COCCCOc1ccc(C)cc1C(F)(F)F. The van der Waals surface area contributed by atoms with Crippen LogP contribution in [0.4, 0.5) is 13.2 Å². The molecule has 0 unspecified atom stereocenters. The Balaban J connectivity index is 2.77. The quantitative estimate of drug-likeness (QED) is 0.743. The van der Waals surface area contributed by atoms with Crippen molar-refractivity contribution in [1.82, 2.24) is 0 Å². The third-order valence-corrected chi connectivity index (χ3v) is 2.19. The predicted octanol–water partition coefficient (Wildman–Crippen LogP) is 3.43. The first-order chi connectivity index (χ1) is 7.95. The van der Waals surface area contributed by atoms with E-state index in [0.717, 1.165) is 6.07 Å². The van der Waals surface area contributed by atoms with E-state index in [0.29, 0.717) is 18.6 Å². The molecule has 0 N–H and O–H groups in total. The van der Waals surface area contributed by atoms with Crippen LogP contribution in [-0.4, -0.2) is 20.3 Å². The minimum Gasteiger partial charge on any atom is -0.493 e. The lowest BCUT2D eigenvalue weighted by Crippen LogP contribution is -2.10. The van der Waals surface area contributed by atoms with Crippen LogP contribution >= 0.6 is 0 Å². The minimum absolute atomic E-state index is 0.126. The first kappa shape index (κ1) is 13.8. The molecule has 0 amide bonds. The van der Waals surface area contributed by atoms with Crippen molar-refractivity contribution < 1.29 is 22.6 Å². The van der Waals surface area contributed by atoms with Gasteiger partial charge in [-0.15, -0.1) is 0 Å². The van der Waals surface area contributed by atoms with Crippen molar-refractivity contribution in [2.45, 2.75) is 19.5 Å². The van der Waals surface area contributed by atoms with Gasteiger partial charge >= 0.3 is 6.18 Å². The van der Waals surface area contributed by atoms with Gasteiger partial charge in [-0.05, 0) is 19.1 Å². The van der Waals surface area contributed by atoms with Gasteiger partial charge in [0.05, 0.1) is 12.2 Å². The van der Waals surface area contributed by atoms with Crippen LogP contribution in [0.3, 0.4) is 0 Å². The van der Waals surface area contributed by atoms with Gasteiger partial charge in [-0.2, -0.15) is 13.2 Å². The van der Waals surface area contributed by atoms with Crippen LogP contribution in [-0.2, 0) is 10.9 Å². The second kappa shape index (κ2) is 5.91. The standard InChI is InChI=1S/C12H15F3O2/c1-9-4-5-11(17-7-3-6-16-2)10(8-9)12(13,14)15/h4-5,8H,3,6-7H2,1-2H3. The molecule has 0 aliphatic carbocycles. The molecule has 0 aromatic heterocycles. The zero-order valence-corrected chi connectivity index (χ0v) is 9.80. The summed E-state index contributed by atoms with van der Waals surface area (Å²) in [5.74, 6) is -0.126. The lowest BCUT2D eigenvalue weighted by molar-refractivity contribution is -0.139. The van der Waals surface area contributed by atoms with Gasteiger partial charge in [0.1, 0.15) is 5.75 Å². The molecule has 0 atom stereocenters. The van der Waals surface area contributed by atoms with Crippen molar-refractivity contribution >= 4 is 0 Å². The molecule has 0 aliphatic rings. The average Bonchev–Trinajstić information content (AvgIpc) is 2.25. The van der Waals surface area contributed by atoms with Crippen LogP contribution in [0.2, 0.25) is 0 Å². The second-order valence-electron chi connectivity index (χ2n) is 3.69. The van der Waals surface area contributed by atoms with Crippen molar-refractivity contribution in [2.75, 3.05) is 20.3 Å². The molecule has 0 saturated carbocycles. The number of rotatable bonds is 5. The fraction of sp³-hybridized carbons (Fsp3) is 0.500. The smallest absolute Gasteiger partial charge is 0.419 e. The van der Waals surface area contributed by atoms with Gasteiger partial charge in [-0.1, -0.05) is 11.6 Å². The Morgan fingerprint density at radius 2 is 1.88 bits per heavy atom. The number of alkyl halides is 3. The molecule has 0 spiro atoms. The van der Waals surface area contributed by atoms with Gasteiger partial charge in [0.25, 0.3) is 0 Å². The number of hydrogen-bond acceptors (Lipinski definition) is 2. The number of hydrogen-bond donors (Lipinski definition) is 0. The van der Waals surface area contributed by atoms with Crippen LogP contribution < -0.4 is 4.74 Å². The molecule has 0 heterocycles. The van der Waals surface area contributed by atoms with Crippen LogP contribution in [0.25, 0.3) is 0 Å². The lowest BCUT2D eigenvalue weighted by atomic mass is 10.1. The summed E-state index contributed by atoms with van der Waals surface area (Å²) in [4.78, 5) is 0. The van der Waals surface area contributed by atoms with Gasteiger partial charge < -0.3 is 9.47 Å². The normalized spacial score (nSPS) is 11.6. The Hall–Kier alpha value is -1.23. The monoisotopic (exact) mass is 248 g/mol. The van der Waals surface area contributed by atoms with Gasteiger partial charge in [0.15, 0.2) is 0 Å². The van der Waals surface area contributed by atoms with E-state index in [1.165, 1.54) is 13.2 Å². The molecular weight excluding hydrogens is 233 g/mol. The van der Waals surface area contributed by atoms with E-state index in [-0.39, 0.29) is 12.4 Å². The van der Waals surface area contributed by atoms with Crippen LogP contribution in [0, 0.1) is 6.92 Å². The molecule has 5 heteroatoms. The second-order valence-corrected chi connectivity index (χ2v) is 3.69. The molecular formula is C12H15F3O2. The lowest BCUT2D eigenvalue weighted by Gasteiger charge is -2.14. The Labute approximate surface area is 98.3 Å². The zero-order chi connectivity index (χ0) is 12.9.